The quantitative estimate of drug-likeness (QED) is 0.557. The minimum Gasteiger partial charge on any atom is -0.461 e. The van der Waals surface area contributed by atoms with Crippen molar-refractivity contribution in [3.05, 3.63) is 59.2 Å². The molecule has 1 aliphatic rings. The van der Waals surface area contributed by atoms with Crippen molar-refractivity contribution in [2.45, 2.75) is 26.7 Å². The van der Waals surface area contributed by atoms with Crippen molar-refractivity contribution < 1.29 is 28.5 Å². The van der Waals surface area contributed by atoms with E-state index in [1.165, 1.54) is 6.92 Å². The van der Waals surface area contributed by atoms with E-state index in [0.29, 0.717) is 19.0 Å². The van der Waals surface area contributed by atoms with Gasteiger partial charge in [0.15, 0.2) is 6.29 Å². The van der Waals surface area contributed by atoms with Gasteiger partial charge in [0.1, 0.15) is 18.1 Å². The molecule has 0 spiro atoms. The maximum Gasteiger partial charge on any atom is 0.302 e. The van der Waals surface area contributed by atoms with E-state index in [1.807, 2.05) is 49.4 Å². The van der Waals surface area contributed by atoms with Crippen LogP contribution in [0.4, 0.5) is 0 Å². The average molecular weight is 358 g/mol. The summed E-state index contributed by atoms with van der Waals surface area (Å²) in [6, 6.07) is 13.2. The van der Waals surface area contributed by atoms with E-state index in [-0.39, 0.29) is 19.4 Å². The molecule has 2 aromatic rings. The normalized spacial score (nSPS) is 14.2. The van der Waals surface area contributed by atoms with Crippen LogP contribution in [0.15, 0.2) is 42.5 Å². The Balaban J connectivity index is 1.69. The van der Waals surface area contributed by atoms with Crippen LogP contribution in [0.2, 0.25) is 0 Å². The Morgan fingerprint density at radius 2 is 1.81 bits per heavy atom. The number of ether oxygens (including phenoxy) is 5. The second-order valence-corrected chi connectivity index (χ2v) is 5.95. The molecule has 0 unspecified atom stereocenters. The first kappa shape index (κ1) is 18.2. The zero-order valence-corrected chi connectivity index (χ0v) is 14.9. The summed E-state index contributed by atoms with van der Waals surface area (Å²) in [6.45, 7) is 4.69. The first-order valence-corrected chi connectivity index (χ1v) is 8.43. The van der Waals surface area contributed by atoms with Gasteiger partial charge in [0.2, 0.25) is 6.79 Å². The smallest absolute Gasteiger partial charge is 0.302 e. The van der Waals surface area contributed by atoms with Crippen LogP contribution in [0.3, 0.4) is 0 Å². The van der Waals surface area contributed by atoms with Gasteiger partial charge >= 0.3 is 5.97 Å². The second kappa shape index (κ2) is 8.69. The van der Waals surface area contributed by atoms with Crippen LogP contribution in [0.5, 0.6) is 11.5 Å². The molecule has 138 valence electrons. The Morgan fingerprint density at radius 3 is 2.50 bits per heavy atom. The lowest BCUT2D eigenvalue weighted by atomic mass is 10.1. The average Bonchev–Trinajstić information content (AvgIpc) is 3.16. The van der Waals surface area contributed by atoms with Gasteiger partial charge in [0.05, 0.1) is 13.2 Å². The molecule has 1 fully saturated rings. The molecule has 1 saturated heterocycles. The van der Waals surface area contributed by atoms with Gasteiger partial charge in [-0.05, 0) is 36.8 Å². The topological polar surface area (TPSA) is 63.2 Å². The van der Waals surface area contributed by atoms with Crippen molar-refractivity contribution in [3.63, 3.8) is 0 Å². The Kier molecular flexibility index (Phi) is 6.09. The molecule has 2 aromatic carbocycles. The van der Waals surface area contributed by atoms with Crippen LogP contribution in [0.1, 0.15) is 29.9 Å². The fourth-order valence-corrected chi connectivity index (χ4v) is 2.51. The molecular formula is C20H22O6. The highest BCUT2D eigenvalue weighted by Gasteiger charge is 2.22. The van der Waals surface area contributed by atoms with Crippen molar-refractivity contribution in [1.82, 2.24) is 0 Å². The lowest BCUT2D eigenvalue weighted by Crippen LogP contribution is -2.10. The molecular weight excluding hydrogens is 336 g/mol. The van der Waals surface area contributed by atoms with E-state index in [0.717, 1.165) is 22.4 Å². The number of carbonyl (C=O) groups excluding carboxylic acids is 1. The molecule has 0 aliphatic carbocycles. The predicted molar refractivity (Wildman–Crippen MR) is 93.9 cm³/mol. The number of aryl methyl sites for hydroxylation is 1. The predicted octanol–water partition coefficient (Wildman–Crippen LogP) is 3.52. The number of hydrogen-bond acceptors (Lipinski definition) is 6. The number of rotatable bonds is 7. The Labute approximate surface area is 152 Å². The van der Waals surface area contributed by atoms with E-state index in [9.17, 15) is 4.79 Å². The number of benzene rings is 2. The van der Waals surface area contributed by atoms with Crippen molar-refractivity contribution in [3.8, 4) is 11.5 Å². The molecule has 6 heteroatoms. The van der Waals surface area contributed by atoms with Crippen molar-refractivity contribution >= 4 is 5.97 Å². The first-order valence-electron chi connectivity index (χ1n) is 8.43. The number of carbonyl (C=O) groups is 1. The SMILES string of the molecule is CC(=O)OCc1ccc(C2OCCO2)c(OCOc2ccc(C)cc2)c1. The maximum atomic E-state index is 11.0. The molecule has 0 aromatic heterocycles. The van der Waals surface area contributed by atoms with Gasteiger partial charge < -0.3 is 23.7 Å². The van der Waals surface area contributed by atoms with Gasteiger partial charge in [-0.25, -0.2) is 0 Å². The summed E-state index contributed by atoms with van der Waals surface area (Å²) >= 11 is 0. The Morgan fingerprint density at radius 1 is 1.08 bits per heavy atom. The molecule has 0 amide bonds. The van der Waals surface area contributed by atoms with Crippen LogP contribution in [-0.4, -0.2) is 26.0 Å². The lowest BCUT2D eigenvalue weighted by Gasteiger charge is -2.17. The highest BCUT2D eigenvalue weighted by atomic mass is 16.7. The molecule has 1 heterocycles. The first-order chi connectivity index (χ1) is 12.6. The van der Waals surface area contributed by atoms with Gasteiger partial charge in [-0.2, -0.15) is 0 Å². The van der Waals surface area contributed by atoms with Gasteiger partial charge in [-0.3, -0.25) is 4.79 Å². The Bertz CT molecular complexity index is 734. The van der Waals surface area contributed by atoms with Gasteiger partial charge in [0, 0.05) is 12.5 Å². The lowest BCUT2D eigenvalue weighted by molar-refractivity contribution is -0.142. The summed E-state index contributed by atoms with van der Waals surface area (Å²) in [5.74, 6) is 0.969. The van der Waals surface area contributed by atoms with Gasteiger partial charge in [0.25, 0.3) is 0 Å². The minimum absolute atomic E-state index is 0.0415. The summed E-state index contributed by atoms with van der Waals surface area (Å²) in [4.78, 5) is 11.0. The van der Waals surface area contributed by atoms with Gasteiger partial charge in [-0.1, -0.05) is 23.8 Å². The molecule has 1 aliphatic heterocycles. The maximum absolute atomic E-state index is 11.0. The van der Waals surface area contributed by atoms with E-state index in [1.54, 1.807) is 0 Å². The zero-order chi connectivity index (χ0) is 18.4. The largest absolute Gasteiger partial charge is 0.461 e. The van der Waals surface area contributed by atoms with E-state index in [2.05, 4.69) is 0 Å². The minimum atomic E-state index is -0.466. The van der Waals surface area contributed by atoms with Crippen molar-refractivity contribution in [2.24, 2.45) is 0 Å². The second-order valence-electron chi connectivity index (χ2n) is 5.95. The Hall–Kier alpha value is -2.57. The molecule has 0 N–H and O–H groups in total. The third-order valence-corrected chi connectivity index (χ3v) is 3.86. The fraction of sp³-hybridized carbons (Fsp3) is 0.350. The number of hydrogen-bond donors (Lipinski definition) is 0. The van der Waals surface area contributed by atoms with E-state index < -0.39 is 6.29 Å². The van der Waals surface area contributed by atoms with E-state index in [4.69, 9.17) is 23.7 Å². The highest BCUT2D eigenvalue weighted by molar-refractivity contribution is 5.65. The van der Waals surface area contributed by atoms with Crippen LogP contribution in [0.25, 0.3) is 0 Å². The summed E-state index contributed by atoms with van der Waals surface area (Å²) in [5.41, 5.74) is 2.75. The molecule has 0 bridgehead atoms. The van der Waals surface area contributed by atoms with E-state index >= 15 is 0 Å². The van der Waals surface area contributed by atoms with Crippen LogP contribution in [0, 0.1) is 6.92 Å². The summed E-state index contributed by atoms with van der Waals surface area (Å²) in [7, 11) is 0. The van der Waals surface area contributed by atoms with Crippen LogP contribution in [-0.2, 0) is 25.6 Å². The fourth-order valence-electron chi connectivity index (χ4n) is 2.51. The summed E-state index contributed by atoms with van der Waals surface area (Å²) in [6.07, 6.45) is -0.466. The summed E-state index contributed by atoms with van der Waals surface area (Å²) < 4.78 is 27.6. The van der Waals surface area contributed by atoms with Crippen molar-refractivity contribution in [2.75, 3.05) is 20.0 Å². The van der Waals surface area contributed by atoms with Crippen LogP contribution >= 0.6 is 0 Å². The third kappa shape index (κ3) is 4.97. The molecule has 6 nitrogen and oxygen atoms in total. The molecule has 0 saturated carbocycles. The van der Waals surface area contributed by atoms with Crippen LogP contribution < -0.4 is 9.47 Å². The molecule has 0 atom stereocenters. The standard InChI is InChI=1S/C20H22O6/c1-14-3-6-17(7-4-14)25-13-26-19-11-16(12-24-15(2)21)5-8-18(19)20-22-9-10-23-20/h3-8,11,20H,9-10,12-13H2,1-2H3. The van der Waals surface area contributed by atoms with Crippen molar-refractivity contribution in [1.29, 1.82) is 0 Å². The summed E-state index contributed by atoms with van der Waals surface area (Å²) in [5, 5.41) is 0. The third-order valence-electron chi connectivity index (χ3n) is 3.86. The highest BCUT2D eigenvalue weighted by Crippen LogP contribution is 2.32. The molecule has 26 heavy (non-hydrogen) atoms. The monoisotopic (exact) mass is 358 g/mol. The molecule has 0 radical (unpaired) electrons. The zero-order valence-electron chi connectivity index (χ0n) is 14.9. The molecule has 3 rings (SSSR count). The number of esters is 1. The van der Waals surface area contributed by atoms with Gasteiger partial charge in [-0.15, -0.1) is 0 Å².